The minimum atomic E-state index is -0.505. The van der Waals surface area contributed by atoms with Gasteiger partial charge in [-0.25, -0.2) is 9.37 Å². The molecule has 0 aliphatic rings. The highest BCUT2D eigenvalue weighted by Crippen LogP contribution is 2.30. The summed E-state index contributed by atoms with van der Waals surface area (Å²) in [7, 11) is 0. The molecular weight excluding hydrogens is 219 g/mol. The number of hydrogen-bond acceptors (Lipinski definition) is 2. The van der Waals surface area contributed by atoms with Crippen LogP contribution in [0.4, 0.5) is 4.39 Å². The second kappa shape index (κ2) is 3.59. The van der Waals surface area contributed by atoms with Gasteiger partial charge in [0.15, 0.2) is 0 Å². The van der Waals surface area contributed by atoms with Crippen molar-refractivity contribution in [2.24, 2.45) is 0 Å². The molecule has 2 N–H and O–H groups in total. The first-order chi connectivity index (χ1) is 8.25. The van der Waals surface area contributed by atoms with Gasteiger partial charge in [0.2, 0.25) is 0 Å². The van der Waals surface area contributed by atoms with Gasteiger partial charge in [0, 0.05) is 35.0 Å². The number of nitrogens with one attached hydrogen (secondary N) is 1. The number of halogens is 1. The van der Waals surface area contributed by atoms with Gasteiger partial charge in [-0.05, 0) is 24.3 Å². The number of phenols is 1. The average Bonchev–Trinajstić information content (AvgIpc) is 2.73. The van der Waals surface area contributed by atoms with E-state index in [1.807, 2.05) is 6.07 Å². The summed E-state index contributed by atoms with van der Waals surface area (Å²) >= 11 is 0. The predicted molar refractivity (Wildman–Crippen MR) is 62.0 cm³/mol. The Bertz CT molecular complexity index is 691. The molecule has 0 saturated heterocycles. The van der Waals surface area contributed by atoms with E-state index in [1.54, 1.807) is 18.5 Å². The van der Waals surface area contributed by atoms with Gasteiger partial charge in [-0.15, -0.1) is 0 Å². The van der Waals surface area contributed by atoms with E-state index in [2.05, 4.69) is 16.0 Å². The number of benzene rings is 1. The number of nitrogens with zero attached hydrogens (tertiary/aromatic N) is 1. The lowest BCUT2D eigenvalue weighted by Crippen LogP contribution is -1.83. The zero-order valence-electron chi connectivity index (χ0n) is 8.74. The number of aromatic hydroxyl groups is 1. The molecule has 3 nitrogen and oxygen atoms in total. The van der Waals surface area contributed by atoms with E-state index < -0.39 is 5.82 Å². The van der Waals surface area contributed by atoms with E-state index in [1.165, 1.54) is 6.07 Å². The van der Waals surface area contributed by atoms with Crippen LogP contribution in [0.5, 0.6) is 5.75 Å². The van der Waals surface area contributed by atoms with Crippen LogP contribution in [0.3, 0.4) is 0 Å². The Labute approximate surface area is 96.6 Å². The summed E-state index contributed by atoms with van der Waals surface area (Å²) < 4.78 is 13.7. The second-order valence-corrected chi connectivity index (χ2v) is 3.68. The summed E-state index contributed by atoms with van der Waals surface area (Å²) in [6.07, 6.45) is 3.35. The number of fused-ring (bicyclic) bond motifs is 1. The highest BCUT2D eigenvalue weighted by Gasteiger charge is 2.11. The van der Waals surface area contributed by atoms with Crippen molar-refractivity contribution in [3.63, 3.8) is 0 Å². The van der Waals surface area contributed by atoms with Crippen molar-refractivity contribution in [1.29, 1.82) is 0 Å². The fraction of sp³-hybridized carbons (Fsp3) is 0. The molecule has 4 heteroatoms. The standard InChI is InChI=1S/C13H8FN2O/c14-12-6-8(17)3-4-9(12)11-7-16-13-10(11)2-1-5-15-13/h1-3,5-7,17H,(H,15,16). The lowest BCUT2D eigenvalue weighted by Gasteiger charge is -2.01. The summed E-state index contributed by atoms with van der Waals surface area (Å²) in [5, 5.41) is 9.98. The van der Waals surface area contributed by atoms with Gasteiger partial charge in [0.05, 0.1) is 0 Å². The maximum Gasteiger partial charge on any atom is 0.137 e. The average molecular weight is 227 g/mol. The molecule has 0 aliphatic carbocycles. The molecule has 83 valence electrons. The Hall–Kier alpha value is -2.36. The molecule has 3 rings (SSSR count). The molecule has 17 heavy (non-hydrogen) atoms. The molecule has 2 heterocycles. The number of H-pyrrole nitrogens is 1. The van der Waals surface area contributed by atoms with Crippen LogP contribution >= 0.6 is 0 Å². The lowest BCUT2D eigenvalue weighted by atomic mass is 10.1. The SMILES string of the molecule is Oc1c[c]c(-c2c[nH]c3ncccc23)c(F)c1. The lowest BCUT2D eigenvalue weighted by molar-refractivity contribution is 0.469. The van der Waals surface area contributed by atoms with Crippen molar-refractivity contribution in [2.75, 3.05) is 0 Å². The highest BCUT2D eigenvalue weighted by atomic mass is 19.1. The number of aromatic amines is 1. The van der Waals surface area contributed by atoms with E-state index in [9.17, 15) is 4.39 Å². The van der Waals surface area contributed by atoms with Gasteiger partial charge in [-0.1, -0.05) is 0 Å². The van der Waals surface area contributed by atoms with E-state index >= 15 is 0 Å². The Balaban J connectivity index is 2.27. The van der Waals surface area contributed by atoms with Crippen LogP contribution in [0.2, 0.25) is 0 Å². The van der Waals surface area contributed by atoms with Crippen LogP contribution in [0, 0.1) is 11.9 Å². The Morgan fingerprint density at radius 1 is 1.41 bits per heavy atom. The maximum atomic E-state index is 13.7. The molecular formula is C13H8FN2O. The first-order valence-electron chi connectivity index (χ1n) is 5.08. The maximum absolute atomic E-state index is 13.7. The largest absolute Gasteiger partial charge is 0.508 e. The summed E-state index contributed by atoms with van der Waals surface area (Å²) in [6.45, 7) is 0. The highest BCUT2D eigenvalue weighted by molar-refractivity contribution is 5.93. The second-order valence-electron chi connectivity index (χ2n) is 3.68. The minimum absolute atomic E-state index is 0.135. The van der Waals surface area contributed by atoms with E-state index in [-0.39, 0.29) is 5.75 Å². The Morgan fingerprint density at radius 2 is 2.29 bits per heavy atom. The topological polar surface area (TPSA) is 48.9 Å². The minimum Gasteiger partial charge on any atom is -0.508 e. The van der Waals surface area contributed by atoms with Crippen molar-refractivity contribution in [3.8, 4) is 16.9 Å². The van der Waals surface area contributed by atoms with Gasteiger partial charge in [-0.2, -0.15) is 0 Å². The Kier molecular flexibility index (Phi) is 2.08. The monoisotopic (exact) mass is 227 g/mol. The first-order valence-corrected chi connectivity index (χ1v) is 5.08. The summed E-state index contributed by atoms with van der Waals surface area (Å²) in [5.41, 5.74) is 1.70. The molecule has 0 aliphatic heterocycles. The summed E-state index contributed by atoms with van der Waals surface area (Å²) in [6, 6.07) is 8.78. The third kappa shape index (κ3) is 1.54. The van der Waals surface area contributed by atoms with Gasteiger partial charge in [0.1, 0.15) is 17.2 Å². The third-order valence-corrected chi connectivity index (χ3v) is 2.60. The summed E-state index contributed by atoms with van der Waals surface area (Å²) in [5.74, 6) is -0.640. The van der Waals surface area contributed by atoms with Crippen molar-refractivity contribution in [1.82, 2.24) is 9.97 Å². The normalized spacial score (nSPS) is 10.9. The zero-order chi connectivity index (χ0) is 11.8. The van der Waals surface area contributed by atoms with Crippen molar-refractivity contribution in [2.45, 2.75) is 0 Å². The zero-order valence-corrected chi connectivity index (χ0v) is 8.74. The van der Waals surface area contributed by atoms with Crippen molar-refractivity contribution < 1.29 is 9.50 Å². The molecule has 2 aromatic heterocycles. The van der Waals surface area contributed by atoms with E-state index in [0.717, 1.165) is 11.5 Å². The molecule has 0 amide bonds. The van der Waals surface area contributed by atoms with Gasteiger partial charge in [0.25, 0.3) is 0 Å². The van der Waals surface area contributed by atoms with Gasteiger partial charge >= 0.3 is 0 Å². The van der Waals surface area contributed by atoms with Gasteiger partial charge < -0.3 is 10.1 Å². The summed E-state index contributed by atoms with van der Waals surface area (Å²) in [4.78, 5) is 7.10. The van der Waals surface area contributed by atoms with Crippen LogP contribution in [-0.4, -0.2) is 15.1 Å². The molecule has 0 unspecified atom stereocenters. The Morgan fingerprint density at radius 3 is 3.12 bits per heavy atom. The number of hydrogen-bond donors (Lipinski definition) is 2. The molecule has 1 aromatic carbocycles. The molecule has 3 aromatic rings. The predicted octanol–water partition coefficient (Wildman–Crippen LogP) is 2.87. The van der Waals surface area contributed by atoms with Crippen LogP contribution in [0.15, 0.2) is 36.7 Å². The van der Waals surface area contributed by atoms with Crippen LogP contribution < -0.4 is 0 Å². The number of phenolic OH excluding ortho intramolecular Hbond substituents is 1. The molecule has 0 bridgehead atoms. The van der Waals surface area contributed by atoms with E-state index in [0.29, 0.717) is 16.8 Å². The number of aromatic nitrogens is 2. The number of pyridine rings is 1. The van der Waals surface area contributed by atoms with Gasteiger partial charge in [-0.3, -0.25) is 0 Å². The van der Waals surface area contributed by atoms with Crippen molar-refractivity contribution >= 4 is 11.0 Å². The fourth-order valence-corrected chi connectivity index (χ4v) is 1.83. The van der Waals surface area contributed by atoms with Crippen LogP contribution in [0.25, 0.3) is 22.2 Å². The van der Waals surface area contributed by atoms with Crippen LogP contribution in [-0.2, 0) is 0 Å². The number of rotatable bonds is 1. The van der Waals surface area contributed by atoms with E-state index in [4.69, 9.17) is 5.11 Å². The third-order valence-electron chi connectivity index (χ3n) is 2.60. The molecule has 0 saturated carbocycles. The van der Waals surface area contributed by atoms with Crippen molar-refractivity contribution in [3.05, 3.63) is 48.5 Å². The molecule has 1 radical (unpaired) electrons. The molecule has 0 atom stereocenters. The first kappa shape index (κ1) is 9.84. The van der Waals surface area contributed by atoms with Crippen LogP contribution in [0.1, 0.15) is 0 Å². The molecule has 0 fully saturated rings. The smallest absolute Gasteiger partial charge is 0.137 e. The molecule has 0 spiro atoms. The fourth-order valence-electron chi connectivity index (χ4n) is 1.83. The quantitative estimate of drug-likeness (QED) is 0.671.